The highest BCUT2D eigenvalue weighted by Gasteiger charge is 2.49. The van der Waals surface area contributed by atoms with Crippen LogP contribution in [0.2, 0.25) is 0 Å². The number of aliphatic hydroxyl groups is 1. The highest BCUT2D eigenvalue weighted by molar-refractivity contribution is 5.76. The van der Waals surface area contributed by atoms with Gasteiger partial charge in [-0.05, 0) is 43.9 Å². The maximum Gasteiger partial charge on any atom is 0.320 e. The van der Waals surface area contributed by atoms with Gasteiger partial charge in [-0.25, -0.2) is 4.79 Å². The van der Waals surface area contributed by atoms with Crippen molar-refractivity contribution in [2.45, 2.75) is 56.2 Å². The molecule has 0 aromatic heterocycles. The summed E-state index contributed by atoms with van der Waals surface area (Å²) in [5, 5.41) is 11.0. The number of urea groups is 1. The number of methoxy groups -OCH3 is 1. The van der Waals surface area contributed by atoms with Gasteiger partial charge in [0.15, 0.2) is 0 Å². The van der Waals surface area contributed by atoms with Gasteiger partial charge in [0.25, 0.3) is 0 Å². The lowest BCUT2D eigenvalue weighted by Gasteiger charge is -2.42. The number of piperidine rings is 1. The second-order valence-electron chi connectivity index (χ2n) is 7.69. The molecule has 0 aliphatic carbocycles. The quantitative estimate of drug-likeness (QED) is 0.789. The molecule has 1 aromatic rings. The molecular formula is C21H26N2O3. The normalized spacial score (nSPS) is 30.1. The molecule has 5 nitrogen and oxygen atoms in total. The van der Waals surface area contributed by atoms with Crippen molar-refractivity contribution in [2.75, 3.05) is 20.2 Å². The van der Waals surface area contributed by atoms with Crippen LogP contribution in [0.4, 0.5) is 4.79 Å². The molecule has 5 heteroatoms. The first-order chi connectivity index (χ1) is 12.6. The molecule has 3 aliphatic rings. The van der Waals surface area contributed by atoms with E-state index in [1.54, 1.807) is 7.11 Å². The minimum Gasteiger partial charge on any atom is -0.497 e. The minimum absolute atomic E-state index is 0.103. The van der Waals surface area contributed by atoms with Gasteiger partial charge in [-0.2, -0.15) is 0 Å². The highest BCUT2D eigenvalue weighted by Crippen LogP contribution is 2.41. The molecule has 3 fully saturated rings. The molecule has 3 aliphatic heterocycles. The Balaban J connectivity index is 1.49. The third-order valence-electron chi connectivity index (χ3n) is 5.87. The molecule has 3 heterocycles. The van der Waals surface area contributed by atoms with Crippen LogP contribution in [-0.2, 0) is 0 Å². The number of amides is 2. The fourth-order valence-electron chi connectivity index (χ4n) is 4.60. The van der Waals surface area contributed by atoms with Gasteiger partial charge in [0.1, 0.15) is 11.4 Å². The summed E-state index contributed by atoms with van der Waals surface area (Å²) < 4.78 is 5.23. The Kier molecular flexibility index (Phi) is 4.54. The lowest BCUT2D eigenvalue weighted by Crippen LogP contribution is -2.55. The average Bonchev–Trinajstić information content (AvgIpc) is 3.27. The second-order valence-corrected chi connectivity index (χ2v) is 7.69. The molecule has 2 unspecified atom stereocenters. The van der Waals surface area contributed by atoms with Gasteiger partial charge in [-0.3, -0.25) is 0 Å². The van der Waals surface area contributed by atoms with Gasteiger partial charge in [0.05, 0.1) is 7.11 Å². The second kappa shape index (κ2) is 6.85. The molecule has 0 saturated carbocycles. The minimum atomic E-state index is -1.02. The van der Waals surface area contributed by atoms with Crippen molar-refractivity contribution in [2.24, 2.45) is 0 Å². The summed E-state index contributed by atoms with van der Waals surface area (Å²) in [6.45, 7) is 1.74. The molecule has 3 saturated heterocycles. The summed E-state index contributed by atoms with van der Waals surface area (Å²) in [5.41, 5.74) is -0.183. The van der Waals surface area contributed by atoms with Crippen LogP contribution in [0.25, 0.3) is 0 Å². The van der Waals surface area contributed by atoms with Crippen LogP contribution in [0, 0.1) is 11.8 Å². The van der Waals surface area contributed by atoms with E-state index in [2.05, 4.69) is 11.8 Å². The first kappa shape index (κ1) is 17.2. The average molecular weight is 354 g/mol. The largest absolute Gasteiger partial charge is 0.497 e. The van der Waals surface area contributed by atoms with Crippen molar-refractivity contribution >= 4 is 6.03 Å². The Bertz CT molecular complexity index is 731. The number of nitrogens with zero attached hydrogens (tertiary/aromatic N) is 2. The SMILES string of the molecule is COc1cccc(C#CC2(O)CC3CCC(C2)N3C(=O)N2CCCC2)c1. The van der Waals surface area contributed by atoms with Gasteiger partial charge in [-0.15, -0.1) is 0 Å². The number of carbonyl (C=O) groups is 1. The van der Waals surface area contributed by atoms with E-state index in [1.165, 1.54) is 0 Å². The summed E-state index contributed by atoms with van der Waals surface area (Å²) in [4.78, 5) is 16.8. The summed E-state index contributed by atoms with van der Waals surface area (Å²) in [5.74, 6) is 6.96. The Hall–Kier alpha value is -2.19. The number of hydrogen-bond acceptors (Lipinski definition) is 3. The Labute approximate surface area is 154 Å². The Morgan fingerprint density at radius 1 is 1.23 bits per heavy atom. The molecule has 0 spiro atoms. The van der Waals surface area contributed by atoms with E-state index < -0.39 is 5.60 Å². The zero-order chi connectivity index (χ0) is 18.1. The lowest BCUT2D eigenvalue weighted by atomic mass is 9.86. The van der Waals surface area contributed by atoms with E-state index in [1.807, 2.05) is 34.1 Å². The van der Waals surface area contributed by atoms with Crippen molar-refractivity contribution in [3.63, 3.8) is 0 Å². The fraction of sp³-hybridized carbons (Fsp3) is 0.571. The van der Waals surface area contributed by atoms with Crippen LogP contribution in [0.15, 0.2) is 24.3 Å². The van der Waals surface area contributed by atoms with Crippen molar-refractivity contribution in [3.05, 3.63) is 29.8 Å². The van der Waals surface area contributed by atoms with E-state index >= 15 is 0 Å². The summed E-state index contributed by atoms with van der Waals surface area (Å²) in [6.07, 6.45) is 5.22. The lowest BCUT2D eigenvalue weighted by molar-refractivity contribution is 0.000209. The van der Waals surface area contributed by atoms with Crippen molar-refractivity contribution in [1.82, 2.24) is 9.80 Å². The van der Waals surface area contributed by atoms with Gasteiger partial charge in [-0.1, -0.05) is 17.9 Å². The number of benzene rings is 1. The maximum atomic E-state index is 12.8. The molecule has 4 rings (SSSR count). The third kappa shape index (κ3) is 3.26. The zero-order valence-corrected chi connectivity index (χ0v) is 15.3. The maximum absolute atomic E-state index is 12.8. The van der Waals surface area contributed by atoms with Crippen LogP contribution < -0.4 is 4.74 Å². The predicted molar refractivity (Wildman–Crippen MR) is 98.9 cm³/mol. The first-order valence-corrected chi connectivity index (χ1v) is 9.55. The van der Waals surface area contributed by atoms with Crippen molar-refractivity contribution in [3.8, 4) is 17.6 Å². The van der Waals surface area contributed by atoms with Crippen LogP contribution in [-0.4, -0.2) is 58.8 Å². The molecule has 26 heavy (non-hydrogen) atoms. The van der Waals surface area contributed by atoms with Crippen molar-refractivity contribution < 1.29 is 14.6 Å². The number of rotatable bonds is 1. The first-order valence-electron chi connectivity index (χ1n) is 9.55. The molecule has 1 N–H and O–H groups in total. The van der Waals surface area contributed by atoms with Crippen LogP contribution in [0.1, 0.15) is 44.1 Å². The third-order valence-corrected chi connectivity index (χ3v) is 5.87. The number of fused-ring (bicyclic) bond motifs is 2. The number of ether oxygens (including phenoxy) is 1. The predicted octanol–water partition coefficient (Wildman–Crippen LogP) is 2.62. The fourth-order valence-corrected chi connectivity index (χ4v) is 4.60. The number of carbonyl (C=O) groups excluding carboxylic acids is 1. The summed E-state index contributed by atoms with van der Waals surface area (Å²) >= 11 is 0. The summed E-state index contributed by atoms with van der Waals surface area (Å²) in [7, 11) is 1.63. The van der Waals surface area contributed by atoms with Gasteiger partial charge < -0.3 is 19.6 Å². The van der Waals surface area contributed by atoms with E-state index in [9.17, 15) is 9.90 Å². The highest BCUT2D eigenvalue weighted by atomic mass is 16.5. The molecule has 2 amide bonds. The standard InChI is InChI=1S/C21H26N2O3/c1-26-19-6-4-5-16(13-19)9-10-21(25)14-17-7-8-18(15-21)23(17)20(24)22-11-2-3-12-22/h4-6,13,17-18,25H,2-3,7-8,11-12,14-15H2,1H3. The molecule has 2 atom stereocenters. The molecule has 2 bridgehead atoms. The van der Waals surface area contributed by atoms with E-state index in [-0.39, 0.29) is 18.1 Å². The van der Waals surface area contributed by atoms with Crippen LogP contribution in [0.5, 0.6) is 5.75 Å². The molecule has 1 aromatic carbocycles. The zero-order valence-electron chi connectivity index (χ0n) is 15.3. The van der Waals surface area contributed by atoms with E-state index in [0.29, 0.717) is 12.8 Å². The van der Waals surface area contributed by atoms with Crippen LogP contribution >= 0.6 is 0 Å². The molecule has 0 radical (unpaired) electrons. The Morgan fingerprint density at radius 2 is 1.92 bits per heavy atom. The van der Waals surface area contributed by atoms with E-state index in [0.717, 1.165) is 50.1 Å². The van der Waals surface area contributed by atoms with Gasteiger partial charge in [0, 0.05) is 43.6 Å². The van der Waals surface area contributed by atoms with Gasteiger partial charge in [0.2, 0.25) is 0 Å². The summed E-state index contributed by atoms with van der Waals surface area (Å²) in [6, 6.07) is 7.93. The number of hydrogen-bond donors (Lipinski definition) is 1. The molecule has 138 valence electrons. The van der Waals surface area contributed by atoms with Crippen molar-refractivity contribution in [1.29, 1.82) is 0 Å². The number of likely N-dealkylation sites (tertiary alicyclic amines) is 1. The Morgan fingerprint density at radius 3 is 2.58 bits per heavy atom. The molecular weight excluding hydrogens is 328 g/mol. The topological polar surface area (TPSA) is 53.0 Å². The monoisotopic (exact) mass is 354 g/mol. The smallest absolute Gasteiger partial charge is 0.320 e. The van der Waals surface area contributed by atoms with Gasteiger partial charge >= 0.3 is 6.03 Å². The van der Waals surface area contributed by atoms with E-state index in [4.69, 9.17) is 4.74 Å². The van der Waals surface area contributed by atoms with Crippen LogP contribution in [0.3, 0.4) is 0 Å².